The topological polar surface area (TPSA) is 92.4 Å². The van der Waals surface area contributed by atoms with Crippen LogP contribution in [0.15, 0.2) is 26.0 Å². The maximum atomic E-state index is 12.3. The molecular formula is C12H18Br2N2O3S. The van der Waals surface area contributed by atoms with Crippen molar-refractivity contribution in [2.75, 3.05) is 12.3 Å². The van der Waals surface area contributed by atoms with Crippen molar-refractivity contribution < 1.29 is 13.5 Å². The molecule has 0 saturated carbocycles. The van der Waals surface area contributed by atoms with Gasteiger partial charge in [0.1, 0.15) is 4.90 Å². The van der Waals surface area contributed by atoms with Crippen LogP contribution in [0.25, 0.3) is 0 Å². The zero-order valence-electron chi connectivity index (χ0n) is 11.3. The van der Waals surface area contributed by atoms with Crippen molar-refractivity contribution in [1.82, 2.24) is 4.72 Å². The molecule has 114 valence electrons. The van der Waals surface area contributed by atoms with E-state index in [1.165, 1.54) is 12.1 Å². The van der Waals surface area contributed by atoms with Gasteiger partial charge in [-0.15, -0.1) is 0 Å². The highest BCUT2D eigenvalue weighted by molar-refractivity contribution is 9.11. The van der Waals surface area contributed by atoms with E-state index in [4.69, 9.17) is 5.73 Å². The molecule has 1 rings (SSSR count). The molecule has 1 aromatic carbocycles. The molecule has 0 fully saturated rings. The van der Waals surface area contributed by atoms with E-state index in [0.29, 0.717) is 27.5 Å². The van der Waals surface area contributed by atoms with Gasteiger partial charge in [-0.1, -0.05) is 13.8 Å². The molecule has 1 aromatic rings. The molecular weight excluding hydrogens is 412 g/mol. The molecule has 0 aliphatic heterocycles. The van der Waals surface area contributed by atoms with Crippen LogP contribution in [0.4, 0.5) is 5.69 Å². The Balaban J connectivity index is 3.07. The highest BCUT2D eigenvalue weighted by Gasteiger charge is 2.27. The number of benzene rings is 1. The lowest BCUT2D eigenvalue weighted by atomic mass is 9.98. The molecule has 0 bridgehead atoms. The van der Waals surface area contributed by atoms with Crippen molar-refractivity contribution in [3.05, 3.63) is 21.1 Å². The van der Waals surface area contributed by atoms with Crippen molar-refractivity contribution >= 4 is 47.6 Å². The number of aliphatic hydroxyl groups is 1. The van der Waals surface area contributed by atoms with E-state index < -0.39 is 15.6 Å². The maximum Gasteiger partial charge on any atom is 0.242 e. The number of nitrogens with one attached hydrogen (secondary N) is 1. The molecule has 0 saturated heterocycles. The summed E-state index contributed by atoms with van der Waals surface area (Å²) in [5.74, 6) is 0. The van der Waals surface area contributed by atoms with E-state index in [0.717, 1.165) is 0 Å². The van der Waals surface area contributed by atoms with Gasteiger partial charge in [-0.3, -0.25) is 0 Å². The first-order valence-corrected chi connectivity index (χ1v) is 9.18. The first-order valence-electron chi connectivity index (χ1n) is 6.11. The highest BCUT2D eigenvalue weighted by Crippen LogP contribution is 2.32. The Morgan fingerprint density at radius 3 is 2.10 bits per heavy atom. The van der Waals surface area contributed by atoms with Crippen molar-refractivity contribution in [2.45, 2.75) is 37.2 Å². The largest absolute Gasteiger partial charge is 0.399 e. The minimum Gasteiger partial charge on any atom is -0.399 e. The minimum atomic E-state index is -3.75. The predicted molar refractivity (Wildman–Crippen MR) is 87.0 cm³/mol. The van der Waals surface area contributed by atoms with Gasteiger partial charge in [-0.25, -0.2) is 13.1 Å². The number of rotatable bonds is 6. The normalized spacial score (nSPS) is 12.7. The van der Waals surface area contributed by atoms with E-state index in [1.54, 1.807) is 0 Å². The summed E-state index contributed by atoms with van der Waals surface area (Å²) < 4.78 is 27.9. The van der Waals surface area contributed by atoms with Gasteiger partial charge in [0.25, 0.3) is 0 Å². The Labute approximate surface area is 136 Å². The molecule has 0 spiro atoms. The quantitative estimate of drug-likeness (QED) is 0.606. The Hall–Kier alpha value is -0.150. The summed E-state index contributed by atoms with van der Waals surface area (Å²) in [5.41, 5.74) is 5.05. The Morgan fingerprint density at radius 2 is 1.70 bits per heavy atom. The van der Waals surface area contributed by atoms with Crippen LogP contribution >= 0.6 is 31.9 Å². The van der Waals surface area contributed by atoms with E-state index >= 15 is 0 Å². The standard InChI is InChI=1S/C12H18Br2N2O3S/c1-3-12(17,4-2)7-16-20(18,19)11-9(13)5-8(15)6-10(11)14/h5-6,16-17H,3-4,7,15H2,1-2H3. The molecule has 4 N–H and O–H groups in total. The molecule has 0 radical (unpaired) electrons. The molecule has 20 heavy (non-hydrogen) atoms. The Morgan fingerprint density at radius 1 is 1.25 bits per heavy atom. The fourth-order valence-electron chi connectivity index (χ4n) is 1.64. The average molecular weight is 430 g/mol. The fourth-order valence-corrected chi connectivity index (χ4v) is 5.37. The van der Waals surface area contributed by atoms with Gasteiger partial charge in [0.05, 0.1) is 5.60 Å². The smallest absolute Gasteiger partial charge is 0.242 e. The van der Waals surface area contributed by atoms with Gasteiger partial charge >= 0.3 is 0 Å². The van der Waals surface area contributed by atoms with Crippen molar-refractivity contribution in [1.29, 1.82) is 0 Å². The first-order chi connectivity index (χ1) is 9.15. The number of halogens is 2. The minimum absolute atomic E-state index is 0.0361. The zero-order valence-corrected chi connectivity index (χ0v) is 15.3. The van der Waals surface area contributed by atoms with Gasteiger partial charge < -0.3 is 10.8 Å². The number of hydrogen-bond donors (Lipinski definition) is 3. The van der Waals surface area contributed by atoms with Crippen LogP contribution in [0, 0.1) is 0 Å². The van der Waals surface area contributed by atoms with Crippen LogP contribution in [0.5, 0.6) is 0 Å². The fraction of sp³-hybridized carbons (Fsp3) is 0.500. The third-order valence-corrected chi connectivity index (χ3v) is 6.47. The summed E-state index contributed by atoms with van der Waals surface area (Å²) in [4.78, 5) is 0.0706. The second-order valence-electron chi connectivity index (χ2n) is 4.57. The molecule has 0 unspecified atom stereocenters. The van der Waals surface area contributed by atoms with Crippen LogP contribution in [0.2, 0.25) is 0 Å². The molecule has 0 atom stereocenters. The van der Waals surface area contributed by atoms with E-state index in [-0.39, 0.29) is 11.4 Å². The van der Waals surface area contributed by atoms with E-state index in [9.17, 15) is 13.5 Å². The number of nitrogens with two attached hydrogens (primary N) is 1. The third-order valence-electron chi connectivity index (χ3n) is 3.20. The highest BCUT2D eigenvalue weighted by atomic mass is 79.9. The Bertz CT molecular complexity index is 563. The number of anilines is 1. The summed E-state index contributed by atoms with van der Waals surface area (Å²) in [6.07, 6.45) is 0.937. The molecule has 0 aromatic heterocycles. The second kappa shape index (κ2) is 6.74. The molecule has 0 heterocycles. The SMILES string of the molecule is CCC(O)(CC)CNS(=O)(=O)c1c(Br)cc(N)cc1Br. The van der Waals surface area contributed by atoms with Crippen LogP contribution in [0.3, 0.4) is 0 Å². The predicted octanol–water partition coefficient (Wildman–Crippen LogP) is 2.62. The summed E-state index contributed by atoms with van der Waals surface area (Å²) in [7, 11) is -3.75. The number of nitrogen functional groups attached to an aromatic ring is 1. The van der Waals surface area contributed by atoms with Gasteiger partial charge in [-0.2, -0.15) is 0 Å². The van der Waals surface area contributed by atoms with Gasteiger partial charge in [0.2, 0.25) is 10.0 Å². The first kappa shape index (κ1) is 17.9. The second-order valence-corrected chi connectivity index (χ2v) is 7.98. The van der Waals surface area contributed by atoms with Crippen molar-refractivity contribution in [3.8, 4) is 0 Å². The number of hydrogen-bond acceptors (Lipinski definition) is 4. The molecule has 0 aliphatic rings. The number of sulfonamides is 1. The van der Waals surface area contributed by atoms with Crippen molar-refractivity contribution in [2.24, 2.45) is 0 Å². The summed E-state index contributed by atoms with van der Waals surface area (Å²) in [5, 5.41) is 10.2. The van der Waals surface area contributed by atoms with Crippen LogP contribution in [-0.4, -0.2) is 25.7 Å². The van der Waals surface area contributed by atoms with Crippen molar-refractivity contribution in [3.63, 3.8) is 0 Å². The van der Waals surface area contributed by atoms with E-state index in [2.05, 4.69) is 36.6 Å². The van der Waals surface area contributed by atoms with Gasteiger partial charge in [0, 0.05) is 21.2 Å². The maximum absolute atomic E-state index is 12.3. The average Bonchev–Trinajstić information content (AvgIpc) is 2.34. The van der Waals surface area contributed by atoms with Crippen LogP contribution in [0.1, 0.15) is 26.7 Å². The summed E-state index contributed by atoms with van der Waals surface area (Å²) in [6, 6.07) is 3.04. The lowest BCUT2D eigenvalue weighted by molar-refractivity contribution is 0.0377. The van der Waals surface area contributed by atoms with Gasteiger partial charge in [-0.05, 0) is 56.8 Å². The zero-order chi connectivity index (χ0) is 15.6. The van der Waals surface area contributed by atoms with Crippen LogP contribution in [-0.2, 0) is 10.0 Å². The summed E-state index contributed by atoms with van der Waals surface area (Å²) in [6.45, 7) is 3.59. The molecule has 8 heteroatoms. The molecule has 0 aliphatic carbocycles. The molecule has 5 nitrogen and oxygen atoms in total. The monoisotopic (exact) mass is 428 g/mol. The lowest BCUT2D eigenvalue weighted by Gasteiger charge is -2.25. The lowest BCUT2D eigenvalue weighted by Crippen LogP contribution is -2.42. The Kier molecular flexibility index (Phi) is 6.03. The van der Waals surface area contributed by atoms with Crippen LogP contribution < -0.4 is 10.5 Å². The summed E-state index contributed by atoms with van der Waals surface area (Å²) >= 11 is 6.39. The van der Waals surface area contributed by atoms with Gasteiger partial charge in [0.15, 0.2) is 0 Å². The molecule has 0 amide bonds. The third kappa shape index (κ3) is 4.17. The van der Waals surface area contributed by atoms with E-state index in [1.807, 2.05) is 13.8 Å².